The van der Waals surface area contributed by atoms with Gasteiger partial charge in [-0.2, -0.15) is 0 Å². The van der Waals surface area contributed by atoms with E-state index in [2.05, 4.69) is 9.72 Å². The number of ether oxygens (including phenoxy) is 2. The molecule has 0 atom stereocenters. The molecule has 0 saturated heterocycles. The number of carbonyl (C=O) groups excluding carboxylic acids is 1. The van der Waals surface area contributed by atoms with Crippen LogP contribution < -0.4 is 4.74 Å². The summed E-state index contributed by atoms with van der Waals surface area (Å²) in [7, 11) is 2.54. The van der Waals surface area contributed by atoms with Crippen LogP contribution in [0, 0.1) is 0 Å². The molecule has 0 unspecified atom stereocenters. The van der Waals surface area contributed by atoms with E-state index < -0.39 is 12.4 Å². The molecule has 0 aliphatic rings. The summed E-state index contributed by atoms with van der Waals surface area (Å²) in [5, 5.41) is 0. The normalized spacial score (nSPS) is 10.3. The van der Waals surface area contributed by atoms with E-state index in [4.69, 9.17) is 4.74 Å². The fourth-order valence-corrected chi connectivity index (χ4v) is 1.15. The molecule has 1 rings (SSSR count). The van der Waals surface area contributed by atoms with Crippen molar-refractivity contribution in [3.8, 4) is 5.75 Å². The van der Waals surface area contributed by atoms with Crippen molar-refractivity contribution >= 4 is 5.97 Å². The molecule has 1 aromatic heterocycles. The van der Waals surface area contributed by atoms with Crippen LogP contribution in [0.3, 0.4) is 0 Å². The Labute approximate surface area is 91.2 Å². The lowest BCUT2D eigenvalue weighted by Gasteiger charge is -2.08. The highest BCUT2D eigenvalue weighted by Gasteiger charge is 2.18. The van der Waals surface area contributed by atoms with Gasteiger partial charge in [-0.3, -0.25) is 9.78 Å². The van der Waals surface area contributed by atoms with E-state index in [0.29, 0.717) is 0 Å². The van der Waals surface area contributed by atoms with E-state index >= 15 is 0 Å². The lowest BCUT2D eigenvalue weighted by atomic mass is 10.1. The SMILES string of the molecule is COC(=O)Cc1ncc(OC)cc1C(F)F. The van der Waals surface area contributed by atoms with Gasteiger partial charge in [0.2, 0.25) is 0 Å². The van der Waals surface area contributed by atoms with Crippen LogP contribution >= 0.6 is 0 Å². The minimum absolute atomic E-state index is 0.00245. The van der Waals surface area contributed by atoms with Crippen molar-refractivity contribution in [3.05, 3.63) is 23.5 Å². The van der Waals surface area contributed by atoms with Gasteiger partial charge in [-0.15, -0.1) is 0 Å². The first kappa shape index (κ1) is 12.4. The Balaban J connectivity index is 3.03. The van der Waals surface area contributed by atoms with Crippen LogP contribution in [0.2, 0.25) is 0 Å². The summed E-state index contributed by atoms with van der Waals surface area (Å²) in [5.74, 6) is -0.386. The largest absolute Gasteiger partial charge is 0.495 e. The summed E-state index contributed by atoms with van der Waals surface area (Å²) < 4.78 is 34.5. The van der Waals surface area contributed by atoms with Gasteiger partial charge >= 0.3 is 5.97 Å². The van der Waals surface area contributed by atoms with Crippen molar-refractivity contribution in [2.75, 3.05) is 14.2 Å². The van der Waals surface area contributed by atoms with Crippen molar-refractivity contribution in [3.63, 3.8) is 0 Å². The van der Waals surface area contributed by atoms with E-state index in [9.17, 15) is 13.6 Å². The van der Waals surface area contributed by atoms with Gasteiger partial charge in [0.25, 0.3) is 6.43 Å². The quantitative estimate of drug-likeness (QED) is 0.740. The molecular formula is C10H11F2NO3. The molecule has 0 spiro atoms. The Morgan fingerprint density at radius 2 is 2.19 bits per heavy atom. The Morgan fingerprint density at radius 3 is 2.69 bits per heavy atom. The number of pyridine rings is 1. The van der Waals surface area contributed by atoms with E-state index in [1.807, 2.05) is 0 Å². The van der Waals surface area contributed by atoms with Crippen LogP contribution in [0.25, 0.3) is 0 Å². The third kappa shape index (κ3) is 2.88. The van der Waals surface area contributed by atoms with E-state index in [1.165, 1.54) is 20.4 Å². The van der Waals surface area contributed by atoms with Gasteiger partial charge in [0.1, 0.15) is 5.75 Å². The maximum atomic E-state index is 12.7. The van der Waals surface area contributed by atoms with E-state index in [0.717, 1.165) is 6.07 Å². The zero-order valence-electron chi connectivity index (χ0n) is 8.87. The summed E-state index contributed by atoms with van der Waals surface area (Å²) >= 11 is 0. The Kier molecular flexibility index (Phi) is 4.16. The smallest absolute Gasteiger partial charge is 0.311 e. The number of halogens is 2. The third-order valence-electron chi connectivity index (χ3n) is 1.99. The molecule has 1 heterocycles. The first-order chi connectivity index (χ1) is 7.58. The fourth-order valence-electron chi connectivity index (χ4n) is 1.15. The predicted octanol–water partition coefficient (Wildman–Crippen LogP) is 1.74. The highest BCUT2D eigenvalue weighted by molar-refractivity contribution is 5.72. The van der Waals surface area contributed by atoms with E-state index in [-0.39, 0.29) is 23.4 Å². The standard InChI is InChI=1S/C10H11F2NO3/c1-15-6-3-7(10(11)12)8(13-5-6)4-9(14)16-2/h3,5,10H,4H2,1-2H3. The summed E-state index contributed by atoms with van der Waals surface area (Å²) in [4.78, 5) is 14.7. The number of methoxy groups -OCH3 is 2. The number of nitrogens with zero attached hydrogens (tertiary/aromatic N) is 1. The van der Waals surface area contributed by atoms with Crippen molar-refractivity contribution in [1.82, 2.24) is 4.98 Å². The second kappa shape index (κ2) is 5.39. The second-order valence-corrected chi connectivity index (χ2v) is 2.96. The molecule has 0 aliphatic carbocycles. The maximum Gasteiger partial charge on any atom is 0.311 e. The van der Waals surface area contributed by atoms with Crippen molar-refractivity contribution in [1.29, 1.82) is 0 Å². The highest BCUT2D eigenvalue weighted by atomic mass is 19.3. The highest BCUT2D eigenvalue weighted by Crippen LogP contribution is 2.25. The van der Waals surface area contributed by atoms with Crippen molar-refractivity contribution in [2.24, 2.45) is 0 Å². The summed E-state index contributed by atoms with van der Waals surface area (Å²) in [6.45, 7) is 0. The van der Waals surface area contributed by atoms with Gasteiger partial charge in [0.05, 0.1) is 32.5 Å². The molecule has 0 radical (unpaired) electrons. The monoisotopic (exact) mass is 231 g/mol. The van der Waals surface area contributed by atoms with Crippen LogP contribution in [0.15, 0.2) is 12.3 Å². The van der Waals surface area contributed by atoms with Crippen LogP contribution in [-0.2, 0) is 16.0 Å². The summed E-state index contributed by atoms with van der Waals surface area (Å²) in [6, 6.07) is 1.16. The van der Waals surface area contributed by atoms with E-state index in [1.54, 1.807) is 0 Å². The zero-order chi connectivity index (χ0) is 12.1. The molecular weight excluding hydrogens is 220 g/mol. The number of carbonyl (C=O) groups is 1. The summed E-state index contributed by atoms with van der Waals surface area (Å²) in [5.41, 5.74) is -0.313. The van der Waals surface area contributed by atoms with Gasteiger partial charge < -0.3 is 9.47 Å². The average Bonchev–Trinajstić information content (AvgIpc) is 2.29. The van der Waals surface area contributed by atoms with Gasteiger partial charge in [0, 0.05) is 5.56 Å². The third-order valence-corrected chi connectivity index (χ3v) is 1.99. The molecule has 0 aromatic carbocycles. The molecule has 88 valence electrons. The van der Waals surface area contributed by atoms with Gasteiger partial charge in [-0.25, -0.2) is 8.78 Å². The molecule has 16 heavy (non-hydrogen) atoms. The number of aromatic nitrogens is 1. The molecule has 0 amide bonds. The number of esters is 1. The van der Waals surface area contributed by atoms with Gasteiger partial charge in [0.15, 0.2) is 0 Å². The Morgan fingerprint density at radius 1 is 1.50 bits per heavy atom. The summed E-state index contributed by atoms with van der Waals surface area (Å²) in [6.07, 6.45) is -1.70. The average molecular weight is 231 g/mol. The second-order valence-electron chi connectivity index (χ2n) is 2.96. The van der Waals surface area contributed by atoms with Crippen LogP contribution in [-0.4, -0.2) is 25.2 Å². The first-order valence-corrected chi connectivity index (χ1v) is 4.46. The first-order valence-electron chi connectivity index (χ1n) is 4.46. The van der Waals surface area contributed by atoms with Crippen molar-refractivity contribution < 1.29 is 23.0 Å². The number of hydrogen-bond acceptors (Lipinski definition) is 4. The lowest BCUT2D eigenvalue weighted by Crippen LogP contribution is -2.09. The topological polar surface area (TPSA) is 48.4 Å². The number of rotatable bonds is 4. The molecule has 0 saturated carbocycles. The predicted molar refractivity (Wildman–Crippen MR) is 51.5 cm³/mol. The molecule has 4 nitrogen and oxygen atoms in total. The Bertz CT molecular complexity index is 382. The van der Waals surface area contributed by atoms with Crippen LogP contribution in [0.5, 0.6) is 5.75 Å². The maximum absolute atomic E-state index is 12.7. The minimum Gasteiger partial charge on any atom is -0.495 e. The van der Waals surface area contributed by atoms with Gasteiger partial charge in [-0.1, -0.05) is 0 Å². The van der Waals surface area contributed by atoms with Crippen LogP contribution in [0.1, 0.15) is 17.7 Å². The Hall–Kier alpha value is -1.72. The number of hydrogen-bond donors (Lipinski definition) is 0. The van der Waals surface area contributed by atoms with Crippen molar-refractivity contribution in [2.45, 2.75) is 12.8 Å². The molecule has 0 N–H and O–H groups in total. The van der Waals surface area contributed by atoms with Crippen LogP contribution in [0.4, 0.5) is 8.78 Å². The minimum atomic E-state index is -2.71. The lowest BCUT2D eigenvalue weighted by molar-refractivity contribution is -0.139. The molecule has 0 aliphatic heterocycles. The molecule has 0 fully saturated rings. The zero-order valence-corrected chi connectivity index (χ0v) is 8.87. The fraction of sp³-hybridized carbons (Fsp3) is 0.400. The number of alkyl halides is 2. The molecule has 0 bridgehead atoms. The van der Waals surface area contributed by atoms with Gasteiger partial charge in [-0.05, 0) is 6.07 Å². The molecule has 1 aromatic rings. The molecule has 6 heteroatoms.